The van der Waals surface area contributed by atoms with Gasteiger partial charge in [-0.1, -0.05) is 0 Å². The Bertz CT molecular complexity index is 903. The number of nitrogens with zero attached hydrogens (tertiary/aromatic N) is 4. The second kappa shape index (κ2) is 7.51. The van der Waals surface area contributed by atoms with Crippen LogP contribution in [-0.2, 0) is 6.18 Å². The Kier molecular flexibility index (Phi) is 5.15. The van der Waals surface area contributed by atoms with Crippen LogP contribution in [0.1, 0.15) is 45.2 Å². The van der Waals surface area contributed by atoms with Gasteiger partial charge in [0.1, 0.15) is 5.69 Å². The predicted molar refractivity (Wildman–Crippen MR) is 104 cm³/mol. The number of rotatable bonds is 7. The molecule has 4 N–H and O–H groups in total. The third-order valence-corrected chi connectivity index (χ3v) is 5.51. The first-order valence-corrected chi connectivity index (χ1v) is 9.94. The van der Waals surface area contributed by atoms with Crippen molar-refractivity contribution >= 4 is 17.6 Å². The average molecular weight is 425 g/mol. The van der Waals surface area contributed by atoms with Crippen molar-refractivity contribution < 1.29 is 17.6 Å². The number of anilines is 3. The summed E-state index contributed by atoms with van der Waals surface area (Å²) >= 11 is 0. The van der Waals surface area contributed by atoms with Crippen LogP contribution in [0.25, 0.3) is 11.5 Å². The quantitative estimate of drug-likeness (QED) is 0.574. The van der Waals surface area contributed by atoms with Crippen molar-refractivity contribution in [2.24, 2.45) is 11.8 Å². The average Bonchev–Trinajstić information content (AvgIpc) is 3.55. The molecule has 0 saturated heterocycles. The molecular formula is C19H23F4N7. The molecule has 30 heavy (non-hydrogen) atoms. The van der Waals surface area contributed by atoms with Gasteiger partial charge in [-0.15, -0.1) is 0 Å². The number of halogens is 4. The lowest BCUT2D eigenvalue weighted by atomic mass is 10.2. The highest BCUT2D eigenvalue weighted by Gasteiger charge is 2.37. The smallest absolute Gasteiger partial charge is 0.395 e. The minimum absolute atomic E-state index is 0.0933. The Hall–Kier alpha value is -2.72. The second-order valence-corrected chi connectivity index (χ2v) is 8.10. The Morgan fingerprint density at radius 1 is 0.933 bits per heavy atom. The Morgan fingerprint density at radius 2 is 1.43 bits per heavy atom. The fraction of sp³-hybridized carbons (Fsp3) is 0.579. The zero-order valence-electron chi connectivity index (χ0n) is 16.6. The number of nitrogens with one attached hydrogen (secondary N) is 2. The molecule has 2 heterocycles. The van der Waals surface area contributed by atoms with E-state index in [0.717, 1.165) is 31.7 Å². The van der Waals surface area contributed by atoms with Gasteiger partial charge in [0.05, 0.1) is 5.69 Å². The first-order valence-electron chi connectivity index (χ1n) is 9.94. The molecule has 7 nitrogen and oxygen atoms in total. The van der Waals surface area contributed by atoms with Crippen molar-refractivity contribution in [1.82, 2.24) is 19.9 Å². The molecule has 2 aliphatic carbocycles. The van der Waals surface area contributed by atoms with Gasteiger partial charge < -0.3 is 16.4 Å². The van der Waals surface area contributed by atoms with Crippen molar-refractivity contribution in [3.8, 4) is 11.5 Å². The molecule has 11 heteroatoms. The maximum Gasteiger partial charge on any atom is 0.435 e. The van der Waals surface area contributed by atoms with Gasteiger partial charge in [0.15, 0.2) is 17.3 Å². The van der Waals surface area contributed by atoms with E-state index >= 15 is 0 Å². The molecule has 2 fully saturated rings. The van der Waals surface area contributed by atoms with Crippen molar-refractivity contribution in [3.63, 3.8) is 0 Å². The maximum absolute atomic E-state index is 14.1. The van der Waals surface area contributed by atoms with Crippen LogP contribution in [0, 0.1) is 17.7 Å². The lowest BCUT2D eigenvalue weighted by Gasteiger charge is -2.17. The summed E-state index contributed by atoms with van der Waals surface area (Å²) in [6, 6.07) is 0.994. The van der Waals surface area contributed by atoms with Gasteiger partial charge in [-0.3, -0.25) is 0 Å². The number of nitrogen functional groups attached to an aromatic ring is 1. The summed E-state index contributed by atoms with van der Waals surface area (Å²) in [6.07, 6.45) is -0.534. The van der Waals surface area contributed by atoms with E-state index in [9.17, 15) is 17.6 Å². The van der Waals surface area contributed by atoms with Crippen LogP contribution in [-0.4, -0.2) is 32.0 Å². The molecule has 162 valence electrons. The van der Waals surface area contributed by atoms with Gasteiger partial charge in [-0.2, -0.15) is 28.1 Å². The topological polar surface area (TPSA) is 102 Å². The number of aromatic nitrogens is 4. The summed E-state index contributed by atoms with van der Waals surface area (Å²) in [5.41, 5.74) is 2.34. The number of pyridine rings is 1. The molecule has 0 spiro atoms. The van der Waals surface area contributed by atoms with Crippen molar-refractivity contribution in [2.75, 3.05) is 16.4 Å². The van der Waals surface area contributed by atoms with Crippen LogP contribution in [0.5, 0.6) is 0 Å². The van der Waals surface area contributed by atoms with Crippen LogP contribution in [0.15, 0.2) is 6.07 Å². The van der Waals surface area contributed by atoms with E-state index < -0.39 is 23.4 Å². The maximum atomic E-state index is 14.1. The van der Waals surface area contributed by atoms with Gasteiger partial charge in [0, 0.05) is 18.2 Å². The van der Waals surface area contributed by atoms with E-state index in [1.54, 1.807) is 0 Å². The molecule has 2 aromatic heterocycles. The summed E-state index contributed by atoms with van der Waals surface area (Å²) in [5.74, 6) is 0.0155. The first kappa shape index (κ1) is 20.5. The van der Waals surface area contributed by atoms with Crippen LogP contribution in [0.3, 0.4) is 0 Å². The monoisotopic (exact) mass is 425 g/mol. The minimum Gasteiger partial charge on any atom is -0.395 e. The van der Waals surface area contributed by atoms with E-state index in [0.29, 0.717) is 11.8 Å². The highest BCUT2D eigenvalue weighted by molar-refractivity contribution is 5.59. The third-order valence-electron chi connectivity index (χ3n) is 5.51. The van der Waals surface area contributed by atoms with Gasteiger partial charge in [0.2, 0.25) is 11.9 Å². The number of nitrogens with two attached hydrogens (primary N) is 1. The Balaban J connectivity index is 1.72. The summed E-state index contributed by atoms with van der Waals surface area (Å²) in [4.78, 5) is 16.3. The Morgan fingerprint density at radius 3 is 1.87 bits per heavy atom. The number of hydrogen-bond acceptors (Lipinski definition) is 7. The van der Waals surface area contributed by atoms with Gasteiger partial charge >= 0.3 is 6.18 Å². The van der Waals surface area contributed by atoms with Crippen molar-refractivity contribution in [1.29, 1.82) is 0 Å². The fourth-order valence-electron chi connectivity index (χ4n) is 3.31. The number of hydrogen-bond donors (Lipinski definition) is 3. The standard InChI is InChI=1S/C19H23F4N7/c1-8(10-3-4-10)25-17-28-16(29-18(30-17)26-9(2)11-5-6-11)13-7-12(20)14(24)15(27-13)19(21,22)23/h7-11H,3-6,24H2,1-2H3,(H2,25,26,28,29,30). The highest BCUT2D eigenvalue weighted by atomic mass is 19.4. The van der Waals surface area contributed by atoms with Gasteiger partial charge in [0.25, 0.3) is 0 Å². The SMILES string of the molecule is CC(Nc1nc(NC(C)C2CC2)nc(-c2cc(F)c(N)c(C(F)(F)F)n2)n1)C1CC1. The summed E-state index contributed by atoms with van der Waals surface area (Å²) in [5, 5.41) is 6.35. The van der Waals surface area contributed by atoms with Crippen LogP contribution in [0.2, 0.25) is 0 Å². The molecule has 4 rings (SSSR count). The fourth-order valence-corrected chi connectivity index (χ4v) is 3.31. The first-order chi connectivity index (χ1) is 14.1. The van der Waals surface area contributed by atoms with E-state index in [-0.39, 0.29) is 35.5 Å². The number of alkyl halides is 3. The molecular weight excluding hydrogens is 402 g/mol. The van der Waals surface area contributed by atoms with Crippen molar-refractivity contribution in [3.05, 3.63) is 17.6 Å². The normalized spacial score (nSPS) is 18.7. The predicted octanol–water partition coefficient (Wildman–Crippen LogP) is 4.09. The zero-order valence-corrected chi connectivity index (χ0v) is 16.6. The largest absolute Gasteiger partial charge is 0.435 e. The zero-order chi connectivity index (χ0) is 21.6. The van der Waals surface area contributed by atoms with Crippen LogP contribution in [0.4, 0.5) is 35.1 Å². The molecule has 0 amide bonds. The Labute approximate surface area is 170 Å². The van der Waals surface area contributed by atoms with Gasteiger partial charge in [-0.05, 0) is 51.4 Å². The summed E-state index contributed by atoms with van der Waals surface area (Å²) in [7, 11) is 0. The highest BCUT2D eigenvalue weighted by Crippen LogP contribution is 2.36. The van der Waals surface area contributed by atoms with Gasteiger partial charge in [-0.25, -0.2) is 9.37 Å². The second-order valence-electron chi connectivity index (χ2n) is 8.10. The molecule has 2 unspecified atom stereocenters. The van der Waals surface area contributed by atoms with E-state index in [2.05, 4.69) is 30.6 Å². The van der Waals surface area contributed by atoms with E-state index in [4.69, 9.17) is 5.73 Å². The van der Waals surface area contributed by atoms with Crippen molar-refractivity contribution in [2.45, 2.75) is 57.8 Å². The molecule has 0 bridgehead atoms. The van der Waals surface area contributed by atoms with Crippen LogP contribution >= 0.6 is 0 Å². The molecule has 2 aromatic rings. The summed E-state index contributed by atoms with van der Waals surface area (Å²) in [6.45, 7) is 3.98. The molecule has 2 saturated carbocycles. The summed E-state index contributed by atoms with van der Waals surface area (Å²) < 4.78 is 53.8. The molecule has 0 aliphatic heterocycles. The molecule has 0 aromatic carbocycles. The molecule has 0 radical (unpaired) electrons. The third kappa shape index (κ3) is 4.54. The van der Waals surface area contributed by atoms with E-state index in [1.807, 2.05) is 13.8 Å². The molecule has 2 aliphatic rings. The minimum atomic E-state index is -4.91. The van der Waals surface area contributed by atoms with Crippen LogP contribution < -0.4 is 16.4 Å². The molecule has 2 atom stereocenters. The van der Waals surface area contributed by atoms with E-state index in [1.165, 1.54) is 0 Å². The lowest BCUT2D eigenvalue weighted by molar-refractivity contribution is -0.140. The lowest BCUT2D eigenvalue weighted by Crippen LogP contribution is -2.23.